The normalized spacial score (nSPS) is 11.5. The molecular weight excluding hydrogens is 170 g/mol. The molecule has 0 aromatic carbocycles. The highest BCUT2D eigenvalue weighted by Gasteiger charge is 2.09. The summed E-state index contributed by atoms with van der Waals surface area (Å²) in [5.41, 5.74) is 0. The summed E-state index contributed by atoms with van der Waals surface area (Å²) in [6.45, 7) is 2.77. The van der Waals surface area contributed by atoms with Crippen LogP contribution in [-0.4, -0.2) is 28.8 Å². The third-order valence-corrected chi connectivity index (χ3v) is 1.47. The molecule has 0 radical (unpaired) electrons. The fourth-order valence-electron chi connectivity index (χ4n) is 0.760. The van der Waals surface area contributed by atoms with Gasteiger partial charge in [0.1, 0.15) is 6.42 Å². The van der Waals surface area contributed by atoms with E-state index in [1.807, 2.05) is 0 Å². The molecule has 0 heterocycles. The van der Waals surface area contributed by atoms with Crippen molar-refractivity contribution >= 4 is 5.97 Å². The van der Waals surface area contributed by atoms with E-state index in [4.69, 9.17) is 10.2 Å². The lowest BCUT2D eigenvalue weighted by Crippen LogP contribution is -2.11. The summed E-state index contributed by atoms with van der Waals surface area (Å²) < 4.78 is 0. The maximum atomic E-state index is 10.1. The number of carboxylic acid groups (broad SMARTS) is 1. The van der Waals surface area contributed by atoms with Gasteiger partial charge in [-0.1, -0.05) is 11.8 Å². The van der Waals surface area contributed by atoms with Gasteiger partial charge in [0.2, 0.25) is 0 Å². The van der Waals surface area contributed by atoms with Crippen molar-refractivity contribution in [2.24, 2.45) is 0 Å². The number of rotatable bonds is 5. The van der Waals surface area contributed by atoms with Crippen molar-refractivity contribution in [2.45, 2.75) is 38.7 Å². The lowest BCUT2D eigenvalue weighted by atomic mass is 10.2. The number of aliphatic hydroxyl groups is 1. The van der Waals surface area contributed by atoms with Crippen LogP contribution in [0.15, 0.2) is 0 Å². The highest BCUT2D eigenvalue weighted by molar-refractivity contribution is 5.67. The summed E-state index contributed by atoms with van der Waals surface area (Å²) in [6, 6.07) is 2.64. The molecule has 74 valence electrons. The molecule has 0 amide bonds. The summed E-state index contributed by atoms with van der Waals surface area (Å²) in [5, 5.41) is 17.4. The van der Waals surface area contributed by atoms with Gasteiger partial charge < -0.3 is 10.2 Å². The molecule has 0 rings (SSSR count). The first-order valence-corrected chi connectivity index (χ1v) is 4.46. The third kappa shape index (κ3) is 8.83. The second-order valence-corrected chi connectivity index (χ2v) is 2.85. The van der Waals surface area contributed by atoms with Gasteiger partial charge in [0.05, 0.1) is 12.5 Å². The van der Waals surface area contributed by atoms with E-state index in [1.165, 1.54) is 0 Å². The van der Waals surface area contributed by atoms with Crippen LogP contribution >= 0.6 is 0 Å². The molecule has 0 aliphatic carbocycles. The van der Waals surface area contributed by atoms with Crippen LogP contribution < -0.4 is 0 Å². The second kappa shape index (κ2) is 7.56. The van der Waals surface area contributed by atoms with Gasteiger partial charge in [-0.25, -0.2) is 0 Å². The number of unbranched alkanes of at least 4 members (excludes halogenated alkanes) is 1. The molecule has 4 heteroatoms. The number of hydrogen-bond donors (Lipinski definition) is 2. The van der Waals surface area contributed by atoms with E-state index in [0.29, 0.717) is 6.54 Å². The lowest BCUT2D eigenvalue weighted by molar-refractivity contribution is -0.139. The molecule has 0 aromatic rings. The van der Waals surface area contributed by atoms with Gasteiger partial charge in [-0.05, 0) is 6.42 Å². The Balaban J connectivity index is 3.48. The molecule has 0 aliphatic rings. The number of carbonyl (C=O) groups is 1. The second-order valence-electron chi connectivity index (χ2n) is 2.85. The van der Waals surface area contributed by atoms with Crippen molar-refractivity contribution in [1.29, 1.82) is 0 Å². The molecule has 0 saturated heterocycles. The molecule has 1 unspecified atom stereocenters. The third-order valence-electron chi connectivity index (χ3n) is 1.47. The van der Waals surface area contributed by atoms with E-state index in [2.05, 4.69) is 17.8 Å². The summed E-state index contributed by atoms with van der Waals surface area (Å²) in [4.78, 5) is 14.0. The highest BCUT2D eigenvalue weighted by Crippen LogP contribution is 1.96. The zero-order valence-electron chi connectivity index (χ0n) is 7.86. The van der Waals surface area contributed by atoms with Crippen molar-refractivity contribution < 1.29 is 15.0 Å². The van der Waals surface area contributed by atoms with E-state index >= 15 is 0 Å². The summed E-state index contributed by atoms with van der Waals surface area (Å²) in [6.07, 6.45) is 1.18. The fourth-order valence-corrected chi connectivity index (χ4v) is 0.760. The molecule has 13 heavy (non-hydrogen) atoms. The zero-order chi connectivity index (χ0) is 10.1. The predicted octanol–water partition coefficient (Wildman–Crippen LogP) is 1.35. The van der Waals surface area contributed by atoms with Crippen molar-refractivity contribution in [1.82, 2.24) is 0 Å². The Morgan fingerprint density at radius 2 is 2.31 bits per heavy atom. The van der Waals surface area contributed by atoms with Gasteiger partial charge in [0.25, 0.3) is 12.6 Å². The van der Waals surface area contributed by atoms with E-state index in [0.717, 1.165) is 12.8 Å². The molecule has 2 N–H and O–H groups in total. The smallest absolute Gasteiger partial charge is 0.306 e. The van der Waals surface area contributed by atoms with Crippen LogP contribution in [0.3, 0.4) is 0 Å². The molecule has 0 saturated carbocycles. The number of aliphatic carboxylic acids is 1. The molecule has 0 aromatic heterocycles. The standard InChI is InChI=1S/C9H15NO3/c1-2-3-5-10-6-4-8(11)7-9(12)13/h8,11H,2-5,7H2,1H3/p+1. The lowest BCUT2D eigenvalue weighted by Gasteiger charge is -1.97. The van der Waals surface area contributed by atoms with Crippen LogP contribution in [0.2, 0.25) is 0 Å². The minimum absolute atomic E-state index is 0.204. The molecule has 1 atom stereocenters. The largest absolute Gasteiger partial charge is 0.481 e. The Bertz CT molecular complexity index is 205. The molecule has 4 nitrogen and oxygen atoms in total. The average Bonchev–Trinajstić information content (AvgIpc) is 2.02. The Morgan fingerprint density at radius 3 is 2.85 bits per heavy atom. The van der Waals surface area contributed by atoms with Crippen LogP contribution in [0.25, 0.3) is 4.85 Å². The molecule has 0 bridgehead atoms. The Hall–Kier alpha value is -1.08. The van der Waals surface area contributed by atoms with Crippen LogP contribution in [-0.2, 0) is 4.79 Å². The maximum absolute atomic E-state index is 10.1. The predicted molar refractivity (Wildman–Crippen MR) is 49.9 cm³/mol. The molecule has 0 spiro atoms. The minimum Gasteiger partial charge on any atom is -0.481 e. The highest BCUT2D eigenvalue weighted by atomic mass is 16.4. The number of aliphatic hydroxyl groups excluding tert-OH is 1. The van der Waals surface area contributed by atoms with Gasteiger partial charge in [-0.15, -0.1) is 0 Å². The molecule has 0 aliphatic heterocycles. The van der Waals surface area contributed by atoms with Crippen LogP contribution in [0.5, 0.6) is 0 Å². The minimum atomic E-state index is -0.997. The maximum Gasteiger partial charge on any atom is 0.306 e. The monoisotopic (exact) mass is 186 g/mol. The van der Waals surface area contributed by atoms with Gasteiger partial charge in [-0.3, -0.25) is 4.79 Å². The first kappa shape index (κ1) is 11.9. The van der Waals surface area contributed by atoms with Crippen LogP contribution in [0, 0.1) is 6.07 Å². The van der Waals surface area contributed by atoms with Crippen molar-refractivity contribution in [3.05, 3.63) is 4.85 Å². The Morgan fingerprint density at radius 1 is 1.62 bits per heavy atom. The van der Waals surface area contributed by atoms with Gasteiger partial charge in [-0.2, -0.15) is 0 Å². The van der Waals surface area contributed by atoms with Gasteiger partial charge in [0.15, 0.2) is 0 Å². The van der Waals surface area contributed by atoms with E-state index in [9.17, 15) is 4.79 Å². The first-order valence-electron chi connectivity index (χ1n) is 4.46. The number of hydrogen-bond acceptors (Lipinski definition) is 2. The quantitative estimate of drug-likeness (QED) is 0.637. The number of carboxylic acids is 1. The topological polar surface area (TPSA) is 61.9 Å². The van der Waals surface area contributed by atoms with E-state index < -0.39 is 12.1 Å². The van der Waals surface area contributed by atoms with Crippen molar-refractivity contribution in [2.75, 3.05) is 6.54 Å². The van der Waals surface area contributed by atoms with Crippen molar-refractivity contribution in [3.63, 3.8) is 0 Å². The van der Waals surface area contributed by atoms with Gasteiger partial charge in [0, 0.05) is 6.42 Å². The SMILES string of the molecule is CCCC[N+]#CCC(O)CC(=O)O. The number of nitrogens with zero attached hydrogens (tertiary/aromatic N) is 1. The average molecular weight is 186 g/mol. The summed E-state index contributed by atoms with van der Waals surface area (Å²) >= 11 is 0. The zero-order valence-corrected chi connectivity index (χ0v) is 7.86. The van der Waals surface area contributed by atoms with Crippen molar-refractivity contribution in [3.8, 4) is 6.07 Å². The van der Waals surface area contributed by atoms with Gasteiger partial charge >= 0.3 is 5.97 Å². The van der Waals surface area contributed by atoms with E-state index in [-0.39, 0.29) is 12.8 Å². The Labute approximate surface area is 78.0 Å². The molecule has 0 fully saturated rings. The Kier molecular flexibility index (Phi) is 6.93. The fraction of sp³-hybridized carbons (Fsp3) is 0.778. The van der Waals surface area contributed by atoms with Crippen LogP contribution in [0.4, 0.5) is 0 Å². The first-order chi connectivity index (χ1) is 6.16. The van der Waals surface area contributed by atoms with Crippen LogP contribution in [0.1, 0.15) is 32.6 Å². The summed E-state index contributed by atoms with van der Waals surface area (Å²) in [7, 11) is 0. The summed E-state index contributed by atoms with van der Waals surface area (Å²) in [5.74, 6) is -0.997. The molecular formula is C9H16NO3+. The van der Waals surface area contributed by atoms with E-state index in [1.54, 1.807) is 0 Å².